The van der Waals surface area contributed by atoms with Crippen LogP contribution in [0.5, 0.6) is 0 Å². The van der Waals surface area contributed by atoms with Crippen LogP contribution >= 0.6 is 0 Å². The van der Waals surface area contributed by atoms with Crippen LogP contribution in [-0.4, -0.2) is 34.7 Å². The predicted octanol–water partition coefficient (Wildman–Crippen LogP) is 2.46. The minimum absolute atomic E-state index is 0.143. The molecular formula is C18H15N3O3. The second kappa shape index (κ2) is 5.19. The molecule has 0 bridgehead atoms. The molecule has 0 aliphatic carbocycles. The minimum Gasteiger partial charge on any atom is -0.323 e. The molecule has 2 aromatic rings. The molecule has 24 heavy (non-hydrogen) atoms. The van der Waals surface area contributed by atoms with E-state index in [1.165, 1.54) is 4.90 Å². The van der Waals surface area contributed by atoms with E-state index in [0.717, 1.165) is 16.8 Å². The summed E-state index contributed by atoms with van der Waals surface area (Å²) in [6.45, 7) is 0.717. The maximum absolute atomic E-state index is 12.4. The van der Waals surface area contributed by atoms with Crippen LogP contribution in [0.3, 0.4) is 0 Å². The van der Waals surface area contributed by atoms with Gasteiger partial charge in [-0.25, -0.2) is 4.79 Å². The highest BCUT2D eigenvalue weighted by Crippen LogP contribution is 2.27. The Bertz CT molecular complexity index is 856. The monoisotopic (exact) mass is 321 g/mol. The molecule has 4 rings (SSSR count). The number of nitrogens with one attached hydrogen (secondary N) is 1. The quantitative estimate of drug-likeness (QED) is 0.864. The Balaban J connectivity index is 1.61. The number of hydrogen-bond acceptors (Lipinski definition) is 3. The van der Waals surface area contributed by atoms with Crippen LogP contribution in [0.1, 0.15) is 31.8 Å². The van der Waals surface area contributed by atoms with Crippen molar-refractivity contribution in [3.05, 3.63) is 64.7 Å². The first kappa shape index (κ1) is 14.4. The van der Waals surface area contributed by atoms with Gasteiger partial charge in [0.2, 0.25) is 0 Å². The molecule has 4 amide bonds. The lowest BCUT2D eigenvalue weighted by molar-refractivity contribution is 0.0642. The molecule has 2 aliphatic heterocycles. The fraction of sp³-hybridized carbons (Fsp3) is 0.167. The summed E-state index contributed by atoms with van der Waals surface area (Å²) in [4.78, 5) is 39.4. The summed E-state index contributed by atoms with van der Waals surface area (Å²) in [6.07, 6.45) is 0. The largest absolute Gasteiger partial charge is 0.323 e. The topological polar surface area (TPSA) is 69.7 Å². The number of hydrogen-bond donors (Lipinski definition) is 1. The van der Waals surface area contributed by atoms with Gasteiger partial charge >= 0.3 is 6.03 Å². The molecule has 1 N–H and O–H groups in total. The van der Waals surface area contributed by atoms with Crippen molar-refractivity contribution in [2.75, 3.05) is 12.4 Å². The number of amides is 4. The Hall–Kier alpha value is -3.15. The summed E-state index contributed by atoms with van der Waals surface area (Å²) in [7, 11) is 1.72. The number of anilines is 1. The zero-order chi connectivity index (χ0) is 16.8. The van der Waals surface area contributed by atoms with Crippen LogP contribution in [0.15, 0.2) is 42.5 Å². The van der Waals surface area contributed by atoms with E-state index in [0.29, 0.717) is 17.7 Å². The number of urea groups is 1. The zero-order valence-corrected chi connectivity index (χ0v) is 13.1. The number of carbonyl (C=O) groups is 3. The van der Waals surface area contributed by atoms with Crippen molar-refractivity contribution in [1.82, 2.24) is 9.80 Å². The lowest BCUT2D eigenvalue weighted by Crippen LogP contribution is -2.35. The second-order valence-corrected chi connectivity index (χ2v) is 6.02. The van der Waals surface area contributed by atoms with Crippen LogP contribution in [0.2, 0.25) is 0 Å². The molecule has 0 unspecified atom stereocenters. The van der Waals surface area contributed by atoms with Crippen molar-refractivity contribution >= 4 is 23.5 Å². The van der Waals surface area contributed by atoms with E-state index in [9.17, 15) is 14.4 Å². The Kier molecular flexibility index (Phi) is 3.13. The highest BCUT2D eigenvalue weighted by Gasteiger charge is 2.35. The van der Waals surface area contributed by atoms with Gasteiger partial charge in [-0.15, -0.1) is 0 Å². The maximum atomic E-state index is 12.4. The SMILES string of the molecule is CN1Cc2cc(CN3C(=O)c4ccccc4C3=O)ccc2NC1=O. The van der Waals surface area contributed by atoms with Gasteiger partial charge in [-0.1, -0.05) is 24.3 Å². The van der Waals surface area contributed by atoms with Gasteiger partial charge in [0.1, 0.15) is 0 Å². The van der Waals surface area contributed by atoms with Crippen molar-refractivity contribution in [3.63, 3.8) is 0 Å². The van der Waals surface area contributed by atoms with Crippen molar-refractivity contribution in [2.24, 2.45) is 0 Å². The van der Waals surface area contributed by atoms with Crippen LogP contribution in [0.25, 0.3) is 0 Å². The predicted molar refractivity (Wildman–Crippen MR) is 87.6 cm³/mol. The van der Waals surface area contributed by atoms with Crippen LogP contribution in [0.4, 0.5) is 10.5 Å². The average Bonchev–Trinajstić information content (AvgIpc) is 2.82. The van der Waals surface area contributed by atoms with Gasteiger partial charge < -0.3 is 10.2 Å². The second-order valence-electron chi connectivity index (χ2n) is 6.02. The Morgan fingerprint density at radius 3 is 2.33 bits per heavy atom. The average molecular weight is 321 g/mol. The van der Waals surface area contributed by atoms with Gasteiger partial charge in [-0.3, -0.25) is 14.5 Å². The van der Waals surface area contributed by atoms with Gasteiger partial charge in [-0.2, -0.15) is 0 Å². The van der Waals surface area contributed by atoms with E-state index in [-0.39, 0.29) is 24.4 Å². The van der Waals surface area contributed by atoms with Crippen molar-refractivity contribution in [2.45, 2.75) is 13.1 Å². The first-order valence-corrected chi connectivity index (χ1v) is 7.64. The molecule has 0 saturated heterocycles. The molecule has 2 aromatic carbocycles. The fourth-order valence-corrected chi connectivity index (χ4v) is 3.10. The third-order valence-electron chi connectivity index (χ3n) is 4.38. The number of carbonyl (C=O) groups excluding carboxylic acids is 3. The fourth-order valence-electron chi connectivity index (χ4n) is 3.10. The van der Waals surface area contributed by atoms with Gasteiger partial charge in [0.05, 0.1) is 17.7 Å². The molecular weight excluding hydrogens is 306 g/mol. The molecule has 2 heterocycles. The first-order valence-electron chi connectivity index (χ1n) is 7.64. The molecule has 0 atom stereocenters. The van der Waals surface area contributed by atoms with E-state index in [2.05, 4.69) is 5.32 Å². The lowest BCUT2D eigenvalue weighted by atomic mass is 10.1. The van der Waals surface area contributed by atoms with Crippen molar-refractivity contribution in [1.29, 1.82) is 0 Å². The van der Waals surface area contributed by atoms with E-state index in [4.69, 9.17) is 0 Å². The maximum Gasteiger partial charge on any atom is 0.321 e. The molecule has 0 saturated carbocycles. The summed E-state index contributed by atoms with van der Waals surface area (Å²) in [5.74, 6) is -0.530. The van der Waals surface area contributed by atoms with E-state index in [1.807, 2.05) is 18.2 Å². The summed E-state index contributed by atoms with van der Waals surface area (Å²) >= 11 is 0. The molecule has 2 aliphatic rings. The van der Waals surface area contributed by atoms with Gasteiger partial charge in [-0.05, 0) is 29.3 Å². The lowest BCUT2D eigenvalue weighted by Gasteiger charge is -2.26. The molecule has 0 radical (unpaired) electrons. The number of imide groups is 1. The summed E-state index contributed by atoms with van der Waals surface area (Å²) in [5.41, 5.74) is 3.49. The van der Waals surface area contributed by atoms with Crippen molar-refractivity contribution < 1.29 is 14.4 Å². The number of benzene rings is 2. The number of fused-ring (bicyclic) bond motifs is 2. The van der Waals surface area contributed by atoms with Crippen molar-refractivity contribution in [3.8, 4) is 0 Å². The molecule has 0 spiro atoms. The van der Waals surface area contributed by atoms with Gasteiger partial charge in [0, 0.05) is 19.3 Å². The van der Waals surface area contributed by atoms with Gasteiger partial charge in [0.25, 0.3) is 11.8 Å². The number of rotatable bonds is 2. The molecule has 0 aromatic heterocycles. The molecule has 0 fully saturated rings. The third-order valence-corrected chi connectivity index (χ3v) is 4.38. The van der Waals surface area contributed by atoms with E-state index >= 15 is 0 Å². The van der Waals surface area contributed by atoms with Crippen LogP contribution in [-0.2, 0) is 13.1 Å². The summed E-state index contributed by atoms with van der Waals surface area (Å²) in [6, 6.07) is 12.3. The van der Waals surface area contributed by atoms with Gasteiger partial charge in [0.15, 0.2) is 0 Å². The Morgan fingerprint density at radius 1 is 1.00 bits per heavy atom. The standard InChI is InChI=1S/C18H15N3O3/c1-20-10-12-8-11(6-7-15(12)19-18(20)24)9-21-16(22)13-4-2-3-5-14(13)17(21)23/h2-8H,9-10H2,1H3,(H,19,24). The first-order chi connectivity index (χ1) is 11.5. The Morgan fingerprint density at radius 2 is 1.67 bits per heavy atom. The van der Waals surface area contributed by atoms with E-state index < -0.39 is 0 Å². The minimum atomic E-state index is -0.265. The number of nitrogens with zero attached hydrogens (tertiary/aromatic N) is 2. The third kappa shape index (κ3) is 2.15. The smallest absolute Gasteiger partial charge is 0.321 e. The Labute approximate surface area is 138 Å². The van der Waals surface area contributed by atoms with E-state index in [1.54, 1.807) is 36.2 Å². The molecule has 6 heteroatoms. The van der Waals surface area contributed by atoms with Crippen LogP contribution < -0.4 is 5.32 Å². The zero-order valence-electron chi connectivity index (χ0n) is 13.1. The summed E-state index contributed by atoms with van der Waals surface area (Å²) < 4.78 is 0. The highest BCUT2D eigenvalue weighted by atomic mass is 16.2. The normalized spacial score (nSPS) is 16.1. The molecule has 6 nitrogen and oxygen atoms in total. The molecule has 120 valence electrons. The summed E-state index contributed by atoms with van der Waals surface area (Å²) in [5, 5.41) is 2.80. The highest BCUT2D eigenvalue weighted by molar-refractivity contribution is 6.21. The van der Waals surface area contributed by atoms with Crippen LogP contribution in [0, 0.1) is 0 Å².